The van der Waals surface area contributed by atoms with Gasteiger partial charge in [0.15, 0.2) is 0 Å². The Kier molecular flexibility index (Phi) is 20.7. The van der Waals surface area contributed by atoms with Gasteiger partial charge in [-0.25, -0.2) is 0 Å². The monoisotopic (exact) mass is 380 g/mol. The van der Waals surface area contributed by atoms with E-state index in [1.54, 1.807) is 0 Å². The molecule has 0 heterocycles. The molecular formula is C26H54N. The molecule has 0 aliphatic carbocycles. The van der Waals surface area contributed by atoms with Crippen molar-refractivity contribution in [1.82, 2.24) is 5.73 Å². The highest BCUT2D eigenvalue weighted by Crippen LogP contribution is 2.28. The van der Waals surface area contributed by atoms with Gasteiger partial charge in [0.05, 0.1) is 0 Å². The summed E-state index contributed by atoms with van der Waals surface area (Å²) in [5.41, 5.74) is 8.99. The summed E-state index contributed by atoms with van der Waals surface area (Å²) in [6.45, 7) is 6.87. The van der Waals surface area contributed by atoms with Gasteiger partial charge in [-0.15, -0.1) is 0 Å². The fraction of sp³-hybridized carbons (Fsp3) is 1.00. The largest absolute Gasteiger partial charge is 0.251 e. The lowest BCUT2D eigenvalue weighted by atomic mass is 9.82. The predicted molar refractivity (Wildman–Crippen MR) is 124 cm³/mol. The van der Waals surface area contributed by atoms with E-state index in [9.17, 15) is 0 Å². The van der Waals surface area contributed by atoms with E-state index in [2.05, 4.69) is 20.8 Å². The summed E-state index contributed by atoms with van der Waals surface area (Å²) >= 11 is 0. The minimum atomic E-state index is -0.112. The molecule has 1 heteroatoms. The molecule has 0 fully saturated rings. The number of unbranched alkanes of at least 4 members (excludes halogenated alkanes) is 16. The van der Waals surface area contributed by atoms with Gasteiger partial charge in [-0.05, 0) is 19.3 Å². The van der Waals surface area contributed by atoms with Crippen LogP contribution in [0, 0.1) is 0 Å². The van der Waals surface area contributed by atoms with E-state index in [-0.39, 0.29) is 5.54 Å². The molecule has 0 rings (SSSR count). The maximum atomic E-state index is 9.10. The molecule has 0 bridgehead atoms. The van der Waals surface area contributed by atoms with Crippen LogP contribution in [0.1, 0.15) is 162 Å². The first-order valence-electron chi connectivity index (χ1n) is 12.9. The highest BCUT2D eigenvalue weighted by Gasteiger charge is 2.24. The zero-order chi connectivity index (χ0) is 20.1. The summed E-state index contributed by atoms with van der Waals surface area (Å²) in [5, 5.41) is 0. The summed E-state index contributed by atoms with van der Waals surface area (Å²) < 4.78 is 0. The van der Waals surface area contributed by atoms with Crippen LogP contribution >= 0.6 is 0 Å². The van der Waals surface area contributed by atoms with Crippen LogP contribution in [0.15, 0.2) is 0 Å². The van der Waals surface area contributed by atoms with Crippen molar-refractivity contribution in [3.63, 3.8) is 0 Å². The molecule has 0 amide bonds. The fourth-order valence-electron chi connectivity index (χ4n) is 4.28. The summed E-state index contributed by atoms with van der Waals surface area (Å²) in [7, 11) is 0. The van der Waals surface area contributed by atoms with Crippen LogP contribution in [-0.2, 0) is 0 Å². The molecule has 0 saturated carbocycles. The molecule has 0 aromatic carbocycles. The maximum Gasteiger partial charge on any atom is 0.0324 e. The first kappa shape index (κ1) is 27.0. The summed E-state index contributed by atoms with van der Waals surface area (Å²) in [6, 6.07) is 0. The third kappa shape index (κ3) is 19.1. The quantitative estimate of drug-likeness (QED) is 0.167. The number of hydrogen-bond acceptors (Lipinski definition) is 0. The Morgan fingerprint density at radius 2 is 0.593 bits per heavy atom. The van der Waals surface area contributed by atoms with Crippen molar-refractivity contribution in [3.05, 3.63) is 0 Å². The summed E-state index contributed by atoms with van der Waals surface area (Å²) in [6.07, 6.45) is 29.4. The van der Waals surface area contributed by atoms with Crippen molar-refractivity contribution in [2.24, 2.45) is 0 Å². The molecule has 1 radical (unpaired) electrons. The van der Waals surface area contributed by atoms with E-state index >= 15 is 0 Å². The maximum absolute atomic E-state index is 9.10. The van der Waals surface area contributed by atoms with E-state index < -0.39 is 0 Å². The van der Waals surface area contributed by atoms with E-state index in [1.807, 2.05) is 0 Å². The second kappa shape index (κ2) is 20.7. The van der Waals surface area contributed by atoms with Crippen molar-refractivity contribution in [2.45, 2.75) is 168 Å². The molecule has 0 aromatic heterocycles. The smallest absolute Gasteiger partial charge is 0.0324 e. The highest BCUT2D eigenvalue weighted by atomic mass is 14.7. The van der Waals surface area contributed by atoms with Crippen molar-refractivity contribution < 1.29 is 0 Å². The van der Waals surface area contributed by atoms with E-state index in [0.717, 1.165) is 19.3 Å². The second-order valence-corrected chi connectivity index (χ2v) is 9.19. The van der Waals surface area contributed by atoms with Crippen molar-refractivity contribution in [3.8, 4) is 0 Å². The van der Waals surface area contributed by atoms with Crippen molar-refractivity contribution in [1.29, 1.82) is 0 Å². The van der Waals surface area contributed by atoms with Gasteiger partial charge >= 0.3 is 0 Å². The molecule has 0 atom stereocenters. The third-order valence-electron chi connectivity index (χ3n) is 6.28. The molecule has 0 spiro atoms. The summed E-state index contributed by atoms with van der Waals surface area (Å²) in [4.78, 5) is 0. The Bertz CT molecular complexity index is 257. The average Bonchev–Trinajstić information content (AvgIpc) is 2.67. The molecule has 163 valence electrons. The Morgan fingerprint density at radius 1 is 0.370 bits per heavy atom. The van der Waals surface area contributed by atoms with E-state index in [4.69, 9.17) is 5.73 Å². The highest BCUT2D eigenvalue weighted by molar-refractivity contribution is 4.83. The zero-order valence-corrected chi connectivity index (χ0v) is 19.6. The molecule has 0 aliphatic heterocycles. The van der Waals surface area contributed by atoms with Gasteiger partial charge in [0, 0.05) is 5.54 Å². The van der Waals surface area contributed by atoms with Gasteiger partial charge in [-0.1, -0.05) is 143 Å². The lowest BCUT2D eigenvalue weighted by Crippen LogP contribution is -2.30. The van der Waals surface area contributed by atoms with Crippen LogP contribution in [0.25, 0.3) is 0 Å². The number of nitrogens with one attached hydrogen (secondary N) is 1. The Balaban J connectivity index is 4.02. The lowest BCUT2D eigenvalue weighted by molar-refractivity contribution is 0.292. The first-order chi connectivity index (χ1) is 13.2. The molecule has 0 unspecified atom stereocenters. The molecule has 1 nitrogen and oxygen atoms in total. The Hall–Kier alpha value is -0.0400. The molecule has 27 heavy (non-hydrogen) atoms. The Morgan fingerprint density at radius 3 is 0.852 bits per heavy atom. The lowest BCUT2D eigenvalue weighted by Gasteiger charge is -2.29. The zero-order valence-electron chi connectivity index (χ0n) is 19.6. The molecular weight excluding hydrogens is 326 g/mol. The van der Waals surface area contributed by atoms with Gasteiger partial charge in [0.1, 0.15) is 0 Å². The molecule has 0 aliphatic rings. The minimum Gasteiger partial charge on any atom is -0.251 e. The van der Waals surface area contributed by atoms with Crippen LogP contribution in [-0.4, -0.2) is 5.54 Å². The van der Waals surface area contributed by atoms with Gasteiger partial charge in [-0.3, -0.25) is 5.73 Å². The van der Waals surface area contributed by atoms with Gasteiger partial charge in [-0.2, -0.15) is 0 Å². The third-order valence-corrected chi connectivity index (χ3v) is 6.28. The minimum absolute atomic E-state index is 0.112. The predicted octanol–water partition coefficient (Wildman–Crippen LogP) is 9.65. The van der Waals surface area contributed by atoms with Gasteiger partial charge in [0.25, 0.3) is 0 Å². The van der Waals surface area contributed by atoms with E-state index in [0.29, 0.717) is 0 Å². The van der Waals surface area contributed by atoms with Crippen LogP contribution in [0.5, 0.6) is 0 Å². The normalized spacial score (nSPS) is 12.0. The fourth-order valence-corrected chi connectivity index (χ4v) is 4.28. The van der Waals surface area contributed by atoms with Gasteiger partial charge < -0.3 is 0 Å². The van der Waals surface area contributed by atoms with Crippen LogP contribution in [0.4, 0.5) is 0 Å². The standard InChI is InChI=1S/C26H54N/c1-4-7-10-13-16-19-22-25-26(27,23-20-17-14-11-8-5-2)24-21-18-15-12-9-6-3/h27H,4-25H2,1-3H3. The number of rotatable bonds is 22. The van der Waals surface area contributed by atoms with E-state index in [1.165, 1.54) is 122 Å². The average molecular weight is 381 g/mol. The van der Waals surface area contributed by atoms with Crippen LogP contribution in [0.3, 0.4) is 0 Å². The SMILES string of the molecule is CCCCCCCCCC([NH])(CCCCCCCC)CCCCCCCC. The van der Waals surface area contributed by atoms with Crippen LogP contribution < -0.4 is 5.73 Å². The first-order valence-corrected chi connectivity index (χ1v) is 12.9. The van der Waals surface area contributed by atoms with Crippen molar-refractivity contribution >= 4 is 0 Å². The van der Waals surface area contributed by atoms with Crippen LogP contribution in [0.2, 0.25) is 0 Å². The van der Waals surface area contributed by atoms with Gasteiger partial charge in [0.2, 0.25) is 0 Å². The molecule has 0 aromatic rings. The molecule has 1 N–H and O–H groups in total. The molecule has 0 saturated heterocycles. The topological polar surface area (TPSA) is 23.8 Å². The number of hydrogen-bond donors (Lipinski definition) is 0. The summed E-state index contributed by atoms with van der Waals surface area (Å²) in [5.74, 6) is 0. The van der Waals surface area contributed by atoms with Crippen molar-refractivity contribution in [2.75, 3.05) is 0 Å². The Labute approximate surface area is 173 Å². The second-order valence-electron chi connectivity index (χ2n) is 9.19.